The van der Waals surface area contributed by atoms with E-state index in [0.29, 0.717) is 17.6 Å². The van der Waals surface area contributed by atoms with E-state index < -0.39 is 41.7 Å². The van der Waals surface area contributed by atoms with Crippen molar-refractivity contribution in [2.24, 2.45) is 39.7 Å². The molecule has 0 saturated heterocycles. The number of esters is 1. The van der Waals surface area contributed by atoms with Crippen LogP contribution in [0.15, 0.2) is 58.8 Å². The number of hydrogen-bond acceptors (Lipinski definition) is 8. The summed E-state index contributed by atoms with van der Waals surface area (Å²) in [6.07, 6.45) is 1.07. The van der Waals surface area contributed by atoms with E-state index in [0.717, 1.165) is 0 Å². The second-order valence-corrected chi connectivity index (χ2v) is 11.6. The van der Waals surface area contributed by atoms with Crippen LogP contribution >= 0.6 is 0 Å². The fraction of sp³-hybridized carbons (Fsp3) is 0.552. The fourth-order valence-electron chi connectivity index (χ4n) is 7.65. The third-order valence-corrected chi connectivity index (χ3v) is 9.54. The molecule has 37 heavy (non-hydrogen) atoms. The first-order chi connectivity index (χ1) is 17.5. The van der Waals surface area contributed by atoms with Crippen molar-refractivity contribution in [2.75, 3.05) is 13.7 Å². The van der Waals surface area contributed by atoms with Gasteiger partial charge >= 0.3 is 5.97 Å². The number of aliphatic hydroxyl groups is 3. The molecule has 0 unspecified atom stereocenters. The number of aliphatic hydroxyl groups excluding tert-OH is 2. The Bertz CT molecular complexity index is 1220. The highest BCUT2D eigenvalue weighted by Crippen LogP contribution is 2.71. The number of Topliss-reactive ketones (excluding diaryl/α,β-unsaturated/α-hetero) is 1. The lowest BCUT2D eigenvalue weighted by atomic mass is 9.59. The lowest BCUT2D eigenvalue weighted by Crippen LogP contribution is -2.66. The van der Waals surface area contributed by atoms with Gasteiger partial charge in [0.25, 0.3) is 0 Å². The highest BCUT2D eigenvalue weighted by molar-refractivity contribution is 6.43. The van der Waals surface area contributed by atoms with E-state index in [1.807, 2.05) is 6.92 Å². The molecule has 0 radical (unpaired) electrons. The highest BCUT2D eigenvalue weighted by Gasteiger charge is 2.76. The Kier molecular flexibility index (Phi) is 6.01. The summed E-state index contributed by atoms with van der Waals surface area (Å²) in [5.74, 6) is -1.66. The predicted molar refractivity (Wildman–Crippen MR) is 135 cm³/mol. The molecule has 1 aromatic carbocycles. The maximum absolute atomic E-state index is 14.4. The fourth-order valence-corrected chi connectivity index (χ4v) is 7.65. The van der Waals surface area contributed by atoms with Gasteiger partial charge in [-0.1, -0.05) is 68.4 Å². The number of fused-ring (bicyclic) bond motifs is 3. The number of allylic oxidation sites excluding steroid dienone is 1. The molecule has 0 amide bonds. The zero-order chi connectivity index (χ0) is 26.9. The van der Waals surface area contributed by atoms with Crippen LogP contribution < -0.4 is 0 Å². The second-order valence-electron chi connectivity index (χ2n) is 11.6. The quantitative estimate of drug-likeness (QED) is 0.241. The Morgan fingerprint density at radius 3 is 2.51 bits per heavy atom. The van der Waals surface area contributed by atoms with E-state index in [2.05, 4.69) is 19.0 Å². The van der Waals surface area contributed by atoms with Gasteiger partial charge in [-0.15, -0.1) is 0 Å². The van der Waals surface area contributed by atoms with Crippen LogP contribution in [0.2, 0.25) is 0 Å². The highest BCUT2D eigenvalue weighted by atomic mass is 16.6. The van der Waals surface area contributed by atoms with Crippen molar-refractivity contribution in [2.45, 2.75) is 51.9 Å². The van der Waals surface area contributed by atoms with Crippen molar-refractivity contribution < 1.29 is 34.5 Å². The van der Waals surface area contributed by atoms with E-state index in [9.17, 15) is 24.9 Å². The molecule has 1 spiro atoms. The maximum atomic E-state index is 14.4. The van der Waals surface area contributed by atoms with E-state index in [1.54, 1.807) is 49.4 Å². The second kappa shape index (κ2) is 8.61. The summed E-state index contributed by atoms with van der Waals surface area (Å²) in [5, 5.41) is 38.2. The average molecular weight is 510 g/mol. The van der Waals surface area contributed by atoms with Gasteiger partial charge in [-0.25, -0.2) is 4.79 Å². The molecule has 2 bridgehead atoms. The van der Waals surface area contributed by atoms with Gasteiger partial charge in [0.2, 0.25) is 0 Å². The number of ether oxygens (including phenoxy) is 1. The average Bonchev–Trinajstić information content (AvgIpc) is 3.36. The van der Waals surface area contributed by atoms with Crippen molar-refractivity contribution >= 4 is 17.5 Å². The number of benzene rings is 1. The van der Waals surface area contributed by atoms with Crippen LogP contribution in [0.5, 0.6) is 0 Å². The lowest BCUT2D eigenvalue weighted by Gasteiger charge is -2.48. The van der Waals surface area contributed by atoms with Gasteiger partial charge in [-0.2, -0.15) is 0 Å². The minimum atomic E-state index is -2.21. The number of carbonyl (C=O) groups excluding carboxylic acids is 2. The monoisotopic (exact) mass is 509 g/mol. The molecule has 0 aliphatic heterocycles. The molecule has 198 valence electrons. The molecule has 2 fully saturated rings. The van der Waals surface area contributed by atoms with E-state index in [-0.39, 0.29) is 40.2 Å². The molecule has 1 aromatic rings. The summed E-state index contributed by atoms with van der Waals surface area (Å²) >= 11 is 0. The van der Waals surface area contributed by atoms with Gasteiger partial charge in [-0.05, 0) is 47.7 Å². The molecular formula is C29H35NO7. The Labute approximate surface area is 216 Å². The number of oxime groups is 1. The zero-order valence-electron chi connectivity index (χ0n) is 21.8. The first kappa shape index (κ1) is 25.8. The molecule has 8 atom stereocenters. The van der Waals surface area contributed by atoms with Gasteiger partial charge in [-0.3, -0.25) is 4.79 Å². The van der Waals surface area contributed by atoms with Gasteiger partial charge < -0.3 is 24.9 Å². The van der Waals surface area contributed by atoms with Crippen LogP contribution in [-0.2, 0) is 19.2 Å². The van der Waals surface area contributed by atoms with Crippen LogP contribution in [0.25, 0.3) is 0 Å². The molecule has 8 heteroatoms. The minimum absolute atomic E-state index is 0.0479. The summed E-state index contributed by atoms with van der Waals surface area (Å²) in [4.78, 5) is 32.7. The molecule has 0 aromatic heterocycles. The van der Waals surface area contributed by atoms with Gasteiger partial charge in [0, 0.05) is 11.5 Å². The molecule has 0 heterocycles. The van der Waals surface area contributed by atoms with Crippen LogP contribution in [0.4, 0.5) is 0 Å². The van der Waals surface area contributed by atoms with Crippen LogP contribution in [0.1, 0.15) is 39.7 Å². The van der Waals surface area contributed by atoms with Crippen molar-refractivity contribution in [3.63, 3.8) is 0 Å². The van der Waals surface area contributed by atoms with Crippen molar-refractivity contribution in [1.82, 2.24) is 0 Å². The van der Waals surface area contributed by atoms with Crippen LogP contribution in [0, 0.1) is 34.5 Å². The van der Waals surface area contributed by atoms with Crippen molar-refractivity contribution in [3.05, 3.63) is 59.2 Å². The molecule has 4 aliphatic carbocycles. The third kappa shape index (κ3) is 3.35. The number of carbonyl (C=O) groups is 2. The molecular weight excluding hydrogens is 474 g/mol. The summed E-state index contributed by atoms with van der Waals surface area (Å²) in [6, 6.07) is 8.62. The van der Waals surface area contributed by atoms with Gasteiger partial charge in [0.05, 0.1) is 12.0 Å². The molecule has 5 rings (SSSR count). The van der Waals surface area contributed by atoms with E-state index >= 15 is 0 Å². The van der Waals surface area contributed by atoms with Gasteiger partial charge in [0.15, 0.2) is 23.2 Å². The summed E-state index contributed by atoms with van der Waals surface area (Å²) in [7, 11) is 1.31. The van der Waals surface area contributed by atoms with Crippen LogP contribution in [-0.4, -0.2) is 64.3 Å². The normalized spacial score (nSPS) is 39.9. The van der Waals surface area contributed by atoms with Crippen molar-refractivity contribution in [1.29, 1.82) is 0 Å². The Balaban J connectivity index is 1.61. The van der Waals surface area contributed by atoms with E-state index in [1.165, 1.54) is 7.11 Å². The number of rotatable bonds is 5. The summed E-state index contributed by atoms with van der Waals surface area (Å²) < 4.78 is 5.90. The van der Waals surface area contributed by atoms with Crippen LogP contribution in [0.3, 0.4) is 0 Å². The Morgan fingerprint density at radius 2 is 1.89 bits per heavy atom. The SMILES string of the molecule is CON=C(C(=O)O[C@H]1C(C)=C[C@]23C(=O)[C@@H](C=C(CO)[C@@H](O)[C@]12O)[C@H]1[C@@H](C[C@H]3C)C1(C)C)c1ccccc1. The third-order valence-electron chi connectivity index (χ3n) is 9.54. The van der Waals surface area contributed by atoms with Gasteiger partial charge in [0.1, 0.15) is 13.2 Å². The standard InChI is InChI=1S/C29H35NO7/c1-15-13-28-16(2)11-20-21(27(20,3)4)19(24(28)33)12-18(14-31)23(32)29(28,35)25(15)37-26(34)22(30-36-5)17-9-7-6-8-10-17/h6-10,12-13,16,19-21,23,25,31-32,35H,11,14H2,1-5H3/t16-,19+,20-,21+,23-,25+,28+,29+/m1/s1. The molecule has 8 nitrogen and oxygen atoms in total. The first-order valence-corrected chi connectivity index (χ1v) is 12.8. The number of nitrogens with zero attached hydrogens (tertiary/aromatic N) is 1. The predicted octanol–water partition coefficient (Wildman–Crippen LogP) is 2.42. The molecule has 4 aliphatic rings. The number of hydrogen-bond donors (Lipinski definition) is 3. The summed E-state index contributed by atoms with van der Waals surface area (Å²) in [6.45, 7) is 7.36. The van der Waals surface area contributed by atoms with E-state index in [4.69, 9.17) is 9.57 Å². The van der Waals surface area contributed by atoms with Crippen molar-refractivity contribution in [3.8, 4) is 0 Å². The molecule has 3 N–H and O–H groups in total. The number of ketones is 1. The topological polar surface area (TPSA) is 126 Å². The largest absolute Gasteiger partial charge is 0.450 e. The smallest absolute Gasteiger partial charge is 0.361 e. The zero-order valence-corrected chi connectivity index (χ0v) is 21.8. The minimum Gasteiger partial charge on any atom is -0.450 e. The molecule has 2 saturated carbocycles. The first-order valence-electron chi connectivity index (χ1n) is 12.8. The Hall–Kier alpha value is -2.81. The summed E-state index contributed by atoms with van der Waals surface area (Å²) in [5.41, 5.74) is -2.79. The lowest BCUT2D eigenvalue weighted by molar-refractivity contribution is -0.200. The Morgan fingerprint density at radius 1 is 1.22 bits per heavy atom. The maximum Gasteiger partial charge on any atom is 0.361 e.